The summed E-state index contributed by atoms with van der Waals surface area (Å²) in [5.74, 6) is 0.121. The SMILES string of the molecule is O=C(c1cc(Br)c(Br)s1)N1CC=CCC1. The Bertz CT molecular complexity index is 394. The van der Waals surface area contributed by atoms with Crippen LogP contribution in [0.4, 0.5) is 0 Å². The number of rotatable bonds is 1. The van der Waals surface area contributed by atoms with Crippen LogP contribution in [-0.4, -0.2) is 23.9 Å². The first kappa shape index (κ1) is 11.4. The third kappa shape index (κ3) is 2.52. The monoisotopic (exact) mass is 349 g/mol. The average Bonchev–Trinajstić information content (AvgIpc) is 2.59. The zero-order chi connectivity index (χ0) is 10.8. The maximum absolute atomic E-state index is 12.0. The van der Waals surface area contributed by atoms with Gasteiger partial charge in [-0.2, -0.15) is 0 Å². The zero-order valence-electron chi connectivity index (χ0n) is 7.87. The molecule has 0 aliphatic carbocycles. The summed E-state index contributed by atoms with van der Waals surface area (Å²) in [6.45, 7) is 1.55. The van der Waals surface area contributed by atoms with Gasteiger partial charge in [0.2, 0.25) is 0 Å². The van der Waals surface area contributed by atoms with Crippen LogP contribution < -0.4 is 0 Å². The fourth-order valence-corrected chi connectivity index (χ4v) is 3.44. The molecule has 1 amide bonds. The number of thiophene rings is 1. The van der Waals surface area contributed by atoms with Crippen molar-refractivity contribution in [2.45, 2.75) is 6.42 Å². The lowest BCUT2D eigenvalue weighted by molar-refractivity contribution is 0.0776. The summed E-state index contributed by atoms with van der Waals surface area (Å²) in [6, 6.07) is 1.87. The lowest BCUT2D eigenvalue weighted by Crippen LogP contribution is -2.33. The molecule has 2 rings (SSSR count). The highest BCUT2D eigenvalue weighted by Crippen LogP contribution is 2.33. The third-order valence-electron chi connectivity index (χ3n) is 2.20. The van der Waals surface area contributed by atoms with E-state index >= 15 is 0 Å². The summed E-state index contributed by atoms with van der Waals surface area (Å²) in [5, 5.41) is 0. The largest absolute Gasteiger partial charge is 0.334 e. The van der Waals surface area contributed by atoms with Crippen molar-refractivity contribution in [3.8, 4) is 0 Å². The Balaban J connectivity index is 2.16. The summed E-state index contributed by atoms with van der Waals surface area (Å²) >= 11 is 8.25. The maximum Gasteiger partial charge on any atom is 0.264 e. The van der Waals surface area contributed by atoms with Crippen molar-refractivity contribution in [2.24, 2.45) is 0 Å². The summed E-state index contributed by atoms with van der Waals surface area (Å²) in [7, 11) is 0. The molecule has 0 saturated carbocycles. The van der Waals surface area contributed by atoms with Gasteiger partial charge in [-0.05, 0) is 44.3 Å². The molecule has 0 spiro atoms. The number of nitrogens with zero attached hydrogens (tertiary/aromatic N) is 1. The molecular weight excluding hydrogens is 342 g/mol. The molecule has 0 radical (unpaired) electrons. The molecular formula is C10H9Br2NOS. The molecule has 15 heavy (non-hydrogen) atoms. The van der Waals surface area contributed by atoms with Gasteiger partial charge < -0.3 is 4.90 Å². The molecule has 0 saturated heterocycles. The predicted octanol–water partition coefficient (Wildman–Crippen LogP) is 3.68. The van der Waals surface area contributed by atoms with Crippen molar-refractivity contribution >= 4 is 49.1 Å². The predicted molar refractivity (Wildman–Crippen MR) is 69.4 cm³/mol. The van der Waals surface area contributed by atoms with Crippen LogP contribution in [-0.2, 0) is 0 Å². The van der Waals surface area contributed by atoms with E-state index in [4.69, 9.17) is 0 Å². The van der Waals surface area contributed by atoms with E-state index in [2.05, 4.69) is 37.9 Å². The van der Waals surface area contributed by atoms with Crippen LogP contribution >= 0.6 is 43.2 Å². The second kappa shape index (κ2) is 4.80. The van der Waals surface area contributed by atoms with E-state index in [9.17, 15) is 4.79 Å². The van der Waals surface area contributed by atoms with Crippen LogP contribution in [0.2, 0.25) is 0 Å². The van der Waals surface area contributed by atoms with Gasteiger partial charge in [0.15, 0.2) is 0 Å². The smallest absolute Gasteiger partial charge is 0.264 e. The summed E-state index contributed by atoms with van der Waals surface area (Å²) in [6.07, 6.45) is 5.11. The molecule has 5 heteroatoms. The highest BCUT2D eigenvalue weighted by molar-refractivity contribution is 9.13. The fraction of sp³-hybridized carbons (Fsp3) is 0.300. The Morgan fingerprint density at radius 2 is 2.20 bits per heavy atom. The minimum absolute atomic E-state index is 0.121. The first-order valence-corrected chi connectivity index (χ1v) is 6.98. The van der Waals surface area contributed by atoms with E-state index in [1.165, 1.54) is 11.3 Å². The Morgan fingerprint density at radius 3 is 2.73 bits per heavy atom. The van der Waals surface area contributed by atoms with Crippen molar-refractivity contribution in [1.82, 2.24) is 4.90 Å². The molecule has 1 aromatic rings. The van der Waals surface area contributed by atoms with Crippen LogP contribution in [0.5, 0.6) is 0 Å². The molecule has 0 N–H and O–H groups in total. The number of carbonyl (C=O) groups is 1. The highest BCUT2D eigenvalue weighted by atomic mass is 79.9. The molecule has 2 heterocycles. The molecule has 0 atom stereocenters. The van der Waals surface area contributed by atoms with Crippen LogP contribution in [0.15, 0.2) is 26.5 Å². The van der Waals surface area contributed by atoms with Gasteiger partial charge in [0.25, 0.3) is 5.91 Å². The molecule has 80 valence electrons. The van der Waals surface area contributed by atoms with Gasteiger partial charge in [-0.3, -0.25) is 4.79 Å². The van der Waals surface area contributed by atoms with Gasteiger partial charge >= 0.3 is 0 Å². The van der Waals surface area contributed by atoms with Gasteiger partial charge in [0.1, 0.15) is 0 Å². The maximum atomic E-state index is 12.0. The number of carbonyl (C=O) groups excluding carboxylic acids is 1. The first-order valence-electron chi connectivity index (χ1n) is 4.57. The van der Waals surface area contributed by atoms with Crippen LogP contribution in [0.3, 0.4) is 0 Å². The molecule has 1 aromatic heterocycles. The van der Waals surface area contributed by atoms with Crippen LogP contribution in [0, 0.1) is 0 Å². The standard InChI is InChI=1S/C10H9Br2NOS/c11-7-6-8(15-9(7)12)10(14)13-4-2-1-3-5-13/h1-2,6H,3-5H2. The third-order valence-corrected chi connectivity index (χ3v) is 5.45. The van der Waals surface area contributed by atoms with Crippen molar-refractivity contribution in [2.75, 3.05) is 13.1 Å². The van der Waals surface area contributed by atoms with Crippen molar-refractivity contribution < 1.29 is 4.79 Å². The van der Waals surface area contributed by atoms with Crippen molar-refractivity contribution in [3.63, 3.8) is 0 Å². The Morgan fingerprint density at radius 1 is 1.40 bits per heavy atom. The summed E-state index contributed by atoms with van der Waals surface area (Å²) in [5.41, 5.74) is 0. The minimum Gasteiger partial charge on any atom is -0.334 e. The molecule has 1 aliphatic rings. The van der Waals surface area contributed by atoms with E-state index in [-0.39, 0.29) is 5.91 Å². The normalized spacial score (nSPS) is 15.7. The van der Waals surface area contributed by atoms with E-state index in [0.29, 0.717) is 0 Å². The van der Waals surface area contributed by atoms with Gasteiger partial charge in [-0.1, -0.05) is 12.2 Å². The van der Waals surface area contributed by atoms with E-state index in [1.54, 1.807) is 0 Å². The zero-order valence-corrected chi connectivity index (χ0v) is 11.9. The quantitative estimate of drug-likeness (QED) is 0.707. The highest BCUT2D eigenvalue weighted by Gasteiger charge is 2.18. The van der Waals surface area contributed by atoms with Gasteiger partial charge in [0, 0.05) is 17.6 Å². The Labute approximate surface area is 109 Å². The first-order chi connectivity index (χ1) is 7.18. The molecule has 0 bridgehead atoms. The minimum atomic E-state index is 0.121. The average molecular weight is 351 g/mol. The summed E-state index contributed by atoms with van der Waals surface area (Å²) < 4.78 is 1.92. The molecule has 0 fully saturated rings. The Kier molecular flexibility index (Phi) is 3.64. The molecule has 0 aromatic carbocycles. The number of hydrogen-bond donors (Lipinski definition) is 0. The van der Waals surface area contributed by atoms with E-state index < -0.39 is 0 Å². The molecule has 1 aliphatic heterocycles. The van der Waals surface area contributed by atoms with E-state index in [1.807, 2.05) is 17.0 Å². The van der Waals surface area contributed by atoms with Crippen LogP contribution in [0.1, 0.15) is 16.1 Å². The second-order valence-corrected chi connectivity index (χ2v) is 6.47. The number of hydrogen-bond acceptors (Lipinski definition) is 2. The number of halogens is 2. The van der Waals surface area contributed by atoms with Gasteiger partial charge in [0.05, 0.1) is 8.66 Å². The van der Waals surface area contributed by atoms with Crippen molar-refractivity contribution in [3.05, 3.63) is 31.4 Å². The summed E-state index contributed by atoms with van der Waals surface area (Å²) in [4.78, 5) is 14.7. The molecule has 0 unspecified atom stereocenters. The van der Waals surface area contributed by atoms with Gasteiger partial charge in [-0.15, -0.1) is 11.3 Å². The van der Waals surface area contributed by atoms with E-state index in [0.717, 1.165) is 32.6 Å². The Hall–Kier alpha value is -0.130. The van der Waals surface area contributed by atoms with Crippen LogP contribution in [0.25, 0.3) is 0 Å². The van der Waals surface area contributed by atoms with Gasteiger partial charge in [-0.25, -0.2) is 0 Å². The lowest BCUT2D eigenvalue weighted by atomic mass is 10.2. The lowest BCUT2D eigenvalue weighted by Gasteiger charge is -2.22. The second-order valence-electron chi connectivity index (χ2n) is 3.24. The fourth-order valence-electron chi connectivity index (χ4n) is 1.43. The molecule has 2 nitrogen and oxygen atoms in total. The topological polar surface area (TPSA) is 20.3 Å². The number of amides is 1. The van der Waals surface area contributed by atoms with Crippen molar-refractivity contribution in [1.29, 1.82) is 0 Å².